The van der Waals surface area contributed by atoms with Gasteiger partial charge in [-0.3, -0.25) is 9.69 Å². The van der Waals surface area contributed by atoms with Gasteiger partial charge in [-0.1, -0.05) is 0 Å². The van der Waals surface area contributed by atoms with Crippen LogP contribution in [0.2, 0.25) is 0 Å². The quantitative estimate of drug-likeness (QED) is 0.849. The van der Waals surface area contributed by atoms with Gasteiger partial charge in [0.05, 0.1) is 5.69 Å². The Balaban J connectivity index is 2.16. The molecular formula is C16H26N4O4. The van der Waals surface area contributed by atoms with E-state index in [0.717, 1.165) is 0 Å². The predicted molar refractivity (Wildman–Crippen MR) is 88.7 cm³/mol. The standard InChI is InChI=1S/C16H26N4O4/c1-15(2,3)24-14(22)17-10-7-8-20-12(19(6)13(10)21)9-11(18-20)16(4,5)23/h9-10,23H,7-8H2,1-6H3,(H,17,22). The molecule has 2 rings (SSSR count). The van der Waals surface area contributed by atoms with Crippen molar-refractivity contribution >= 4 is 17.8 Å². The zero-order chi connectivity index (χ0) is 18.3. The van der Waals surface area contributed by atoms with E-state index in [1.165, 1.54) is 4.90 Å². The van der Waals surface area contributed by atoms with Crippen molar-refractivity contribution in [2.75, 3.05) is 11.9 Å². The molecule has 1 aliphatic rings. The van der Waals surface area contributed by atoms with E-state index in [0.29, 0.717) is 24.5 Å². The molecule has 2 heterocycles. The zero-order valence-electron chi connectivity index (χ0n) is 15.1. The molecule has 0 aliphatic carbocycles. The molecule has 1 aromatic rings. The number of likely N-dealkylation sites (N-methyl/N-ethyl adjacent to an activating group) is 1. The lowest BCUT2D eigenvalue weighted by Crippen LogP contribution is -2.48. The number of amides is 2. The van der Waals surface area contributed by atoms with Crippen LogP contribution in [0.5, 0.6) is 0 Å². The minimum absolute atomic E-state index is 0.248. The molecule has 24 heavy (non-hydrogen) atoms. The fourth-order valence-corrected chi connectivity index (χ4v) is 2.45. The summed E-state index contributed by atoms with van der Waals surface area (Å²) in [7, 11) is 1.62. The molecule has 0 fully saturated rings. The van der Waals surface area contributed by atoms with Crippen LogP contribution in [0, 0.1) is 0 Å². The number of aromatic nitrogens is 2. The summed E-state index contributed by atoms with van der Waals surface area (Å²) < 4.78 is 6.88. The second kappa shape index (κ2) is 6.08. The molecule has 0 saturated carbocycles. The maximum Gasteiger partial charge on any atom is 0.408 e. The monoisotopic (exact) mass is 338 g/mol. The first kappa shape index (κ1) is 18.3. The maximum atomic E-state index is 12.6. The summed E-state index contributed by atoms with van der Waals surface area (Å²) in [5.74, 6) is 0.340. The average Bonchev–Trinajstić information content (AvgIpc) is 2.79. The van der Waals surface area contributed by atoms with Gasteiger partial charge in [-0.05, 0) is 41.0 Å². The highest BCUT2D eigenvalue weighted by molar-refractivity contribution is 5.98. The predicted octanol–water partition coefficient (Wildman–Crippen LogP) is 1.37. The molecule has 1 atom stereocenters. The van der Waals surface area contributed by atoms with Crippen molar-refractivity contribution in [3.63, 3.8) is 0 Å². The molecule has 1 aromatic heterocycles. The number of hydrogen-bond donors (Lipinski definition) is 2. The fourth-order valence-electron chi connectivity index (χ4n) is 2.45. The number of rotatable bonds is 2. The third kappa shape index (κ3) is 4.05. The summed E-state index contributed by atoms with van der Waals surface area (Å²) in [6, 6.07) is 1.01. The molecule has 8 heteroatoms. The molecule has 1 unspecified atom stereocenters. The molecule has 0 saturated heterocycles. The summed E-state index contributed by atoms with van der Waals surface area (Å²) in [6.45, 7) is 9.03. The lowest BCUT2D eigenvalue weighted by molar-refractivity contribution is -0.120. The summed E-state index contributed by atoms with van der Waals surface area (Å²) >= 11 is 0. The molecule has 0 radical (unpaired) electrons. The van der Waals surface area contributed by atoms with Crippen LogP contribution in [0.1, 0.15) is 46.7 Å². The van der Waals surface area contributed by atoms with Crippen molar-refractivity contribution in [3.05, 3.63) is 11.8 Å². The van der Waals surface area contributed by atoms with Crippen molar-refractivity contribution in [2.24, 2.45) is 0 Å². The van der Waals surface area contributed by atoms with Crippen molar-refractivity contribution in [3.8, 4) is 0 Å². The molecule has 2 N–H and O–H groups in total. The third-order valence-electron chi connectivity index (χ3n) is 3.68. The lowest BCUT2D eigenvalue weighted by Gasteiger charge is -2.24. The number of hydrogen-bond acceptors (Lipinski definition) is 5. The summed E-state index contributed by atoms with van der Waals surface area (Å²) in [5.41, 5.74) is -1.22. The van der Waals surface area contributed by atoms with E-state index in [2.05, 4.69) is 10.4 Å². The van der Waals surface area contributed by atoms with Crippen LogP contribution in [0.25, 0.3) is 0 Å². The van der Waals surface area contributed by atoms with E-state index in [-0.39, 0.29) is 5.91 Å². The molecular weight excluding hydrogens is 312 g/mol. The van der Waals surface area contributed by atoms with Crippen molar-refractivity contribution in [2.45, 2.75) is 64.8 Å². The Kier molecular flexibility index (Phi) is 4.63. The van der Waals surface area contributed by atoms with Gasteiger partial charge in [-0.25, -0.2) is 9.48 Å². The molecule has 134 valence electrons. The maximum absolute atomic E-state index is 12.6. The lowest BCUT2D eigenvalue weighted by atomic mass is 10.1. The smallest absolute Gasteiger partial charge is 0.408 e. The van der Waals surface area contributed by atoms with Crippen molar-refractivity contribution in [1.29, 1.82) is 0 Å². The highest BCUT2D eigenvalue weighted by Crippen LogP contribution is 2.26. The first-order chi connectivity index (χ1) is 10.9. The first-order valence-electron chi connectivity index (χ1n) is 7.96. The molecule has 2 amide bonds. The van der Waals surface area contributed by atoms with E-state index in [4.69, 9.17) is 4.74 Å². The van der Waals surface area contributed by atoms with Crippen LogP contribution in [0.4, 0.5) is 10.6 Å². The highest BCUT2D eigenvalue weighted by Gasteiger charge is 2.33. The Labute approximate surface area is 141 Å². The fraction of sp³-hybridized carbons (Fsp3) is 0.688. The Morgan fingerprint density at radius 1 is 1.38 bits per heavy atom. The van der Waals surface area contributed by atoms with E-state index < -0.39 is 23.3 Å². The minimum Gasteiger partial charge on any atom is -0.444 e. The SMILES string of the molecule is CN1C(=O)C(NC(=O)OC(C)(C)C)CCn2nc(C(C)(C)O)cc21. The number of carbonyl (C=O) groups is 2. The van der Waals surface area contributed by atoms with Crippen LogP contribution in [-0.4, -0.2) is 45.6 Å². The number of fused-ring (bicyclic) bond motifs is 1. The van der Waals surface area contributed by atoms with Crippen LogP contribution in [-0.2, 0) is 21.7 Å². The van der Waals surface area contributed by atoms with Crippen LogP contribution in [0.3, 0.4) is 0 Å². The third-order valence-corrected chi connectivity index (χ3v) is 3.68. The summed E-state index contributed by atoms with van der Waals surface area (Å²) in [5, 5.41) is 17.1. The number of carbonyl (C=O) groups excluding carboxylic acids is 2. The number of alkyl carbamates (subject to hydrolysis) is 1. The number of aryl methyl sites for hydroxylation is 1. The van der Waals surface area contributed by atoms with Crippen molar-refractivity contribution < 1.29 is 19.4 Å². The van der Waals surface area contributed by atoms with E-state index in [1.54, 1.807) is 52.4 Å². The average molecular weight is 338 g/mol. The molecule has 0 bridgehead atoms. The van der Waals surface area contributed by atoms with Gasteiger partial charge in [-0.2, -0.15) is 5.10 Å². The largest absolute Gasteiger partial charge is 0.444 e. The number of nitrogens with zero attached hydrogens (tertiary/aromatic N) is 3. The zero-order valence-corrected chi connectivity index (χ0v) is 15.1. The molecule has 0 aromatic carbocycles. The van der Waals surface area contributed by atoms with Crippen LogP contribution >= 0.6 is 0 Å². The summed E-state index contributed by atoms with van der Waals surface area (Å²) in [4.78, 5) is 26.0. The highest BCUT2D eigenvalue weighted by atomic mass is 16.6. The van der Waals surface area contributed by atoms with Crippen LogP contribution < -0.4 is 10.2 Å². The van der Waals surface area contributed by atoms with E-state index >= 15 is 0 Å². The van der Waals surface area contributed by atoms with Gasteiger partial charge in [0.1, 0.15) is 23.1 Å². The van der Waals surface area contributed by atoms with Gasteiger partial charge in [0.2, 0.25) is 0 Å². The van der Waals surface area contributed by atoms with Gasteiger partial charge in [0, 0.05) is 19.7 Å². The second-order valence-corrected chi connectivity index (χ2v) is 7.55. The van der Waals surface area contributed by atoms with Gasteiger partial charge in [0.15, 0.2) is 0 Å². The van der Waals surface area contributed by atoms with Gasteiger partial charge in [-0.15, -0.1) is 0 Å². The molecule has 0 spiro atoms. The van der Waals surface area contributed by atoms with Crippen LogP contribution in [0.15, 0.2) is 6.07 Å². The number of ether oxygens (including phenoxy) is 1. The van der Waals surface area contributed by atoms with Gasteiger partial charge >= 0.3 is 6.09 Å². The normalized spacial score (nSPS) is 18.9. The Hall–Kier alpha value is -2.09. The number of anilines is 1. The molecule has 1 aliphatic heterocycles. The van der Waals surface area contributed by atoms with E-state index in [1.807, 2.05) is 0 Å². The Morgan fingerprint density at radius 3 is 2.54 bits per heavy atom. The molecule has 8 nitrogen and oxygen atoms in total. The summed E-state index contributed by atoms with van der Waals surface area (Å²) in [6.07, 6.45) is -0.228. The Morgan fingerprint density at radius 2 is 2.00 bits per heavy atom. The van der Waals surface area contributed by atoms with Crippen molar-refractivity contribution in [1.82, 2.24) is 15.1 Å². The topological polar surface area (TPSA) is 96.7 Å². The van der Waals surface area contributed by atoms with Gasteiger partial charge in [0.25, 0.3) is 5.91 Å². The minimum atomic E-state index is -1.09. The Bertz CT molecular complexity index is 639. The second-order valence-electron chi connectivity index (χ2n) is 7.55. The first-order valence-corrected chi connectivity index (χ1v) is 7.96. The van der Waals surface area contributed by atoms with Gasteiger partial charge < -0.3 is 15.2 Å². The number of nitrogens with one attached hydrogen (secondary N) is 1. The van der Waals surface area contributed by atoms with E-state index in [9.17, 15) is 14.7 Å². The number of aliphatic hydroxyl groups is 1.